The number of nitrogens with zero attached hydrogens (tertiary/aromatic N) is 2. The molecule has 1 fully saturated rings. The van der Waals surface area contributed by atoms with E-state index in [1.54, 1.807) is 24.5 Å². The van der Waals surface area contributed by atoms with E-state index >= 15 is 0 Å². The number of rotatable bonds is 8. The third-order valence-electron chi connectivity index (χ3n) is 5.28. The van der Waals surface area contributed by atoms with Crippen LogP contribution in [0, 0.1) is 12.8 Å². The van der Waals surface area contributed by atoms with Crippen molar-refractivity contribution in [3.05, 3.63) is 40.4 Å². The van der Waals surface area contributed by atoms with Crippen molar-refractivity contribution in [2.24, 2.45) is 5.92 Å². The molecule has 1 aliphatic rings. The molecular formula is C23H31N3O3S. The summed E-state index contributed by atoms with van der Waals surface area (Å²) in [6, 6.07) is 5.58. The quantitative estimate of drug-likeness (QED) is 0.614. The van der Waals surface area contributed by atoms with Crippen LogP contribution in [0.4, 0.5) is 5.13 Å². The Morgan fingerprint density at radius 3 is 2.80 bits per heavy atom. The molecule has 0 bridgehead atoms. The molecule has 1 aliphatic heterocycles. The molecule has 30 heavy (non-hydrogen) atoms. The van der Waals surface area contributed by atoms with Crippen molar-refractivity contribution in [3.8, 4) is 11.5 Å². The Hall–Kier alpha value is -2.38. The van der Waals surface area contributed by atoms with Gasteiger partial charge < -0.3 is 9.47 Å². The van der Waals surface area contributed by atoms with E-state index in [1.165, 1.54) is 23.8 Å². The fourth-order valence-corrected chi connectivity index (χ4v) is 4.44. The Balaban J connectivity index is 1.58. The van der Waals surface area contributed by atoms with Crippen LogP contribution in [0.5, 0.6) is 11.5 Å². The van der Waals surface area contributed by atoms with Gasteiger partial charge >= 0.3 is 0 Å². The van der Waals surface area contributed by atoms with Gasteiger partial charge in [-0.3, -0.25) is 15.0 Å². The lowest BCUT2D eigenvalue weighted by atomic mass is 9.99. The lowest BCUT2D eigenvalue weighted by Crippen LogP contribution is -2.32. The van der Waals surface area contributed by atoms with E-state index in [0.717, 1.165) is 36.8 Å². The van der Waals surface area contributed by atoms with Crippen LogP contribution in [-0.2, 0) is 11.3 Å². The zero-order valence-electron chi connectivity index (χ0n) is 18.2. The van der Waals surface area contributed by atoms with Gasteiger partial charge in [-0.05, 0) is 69.5 Å². The smallest absolute Gasteiger partial charge is 0.250 e. The molecule has 1 saturated heterocycles. The molecule has 162 valence electrons. The lowest BCUT2D eigenvalue weighted by Gasteiger charge is -2.29. The van der Waals surface area contributed by atoms with E-state index in [4.69, 9.17) is 9.47 Å². The second-order valence-electron chi connectivity index (χ2n) is 7.65. The van der Waals surface area contributed by atoms with E-state index in [0.29, 0.717) is 23.2 Å². The van der Waals surface area contributed by atoms with Crippen LogP contribution in [0.1, 0.15) is 42.8 Å². The number of thiazole rings is 1. The molecule has 2 heterocycles. The summed E-state index contributed by atoms with van der Waals surface area (Å²) in [5.41, 5.74) is 1.86. The maximum absolute atomic E-state index is 12.4. The SMILES string of the molecule is CCOc1ccc(/C=C/C(=O)Nc2nc(C)c(CN3CCC(C)CC3)s2)cc1OC. The molecule has 2 aromatic rings. The number of likely N-dealkylation sites (tertiary alicyclic amines) is 1. The summed E-state index contributed by atoms with van der Waals surface area (Å²) in [6.45, 7) is 10.0. The van der Waals surface area contributed by atoms with Crippen LogP contribution in [-0.4, -0.2) is 42.6 Å². The van der Waals surface area contributed by atoms with Crippen LogP contribution in [0.25, 0.3) is 6.08 Å². The van der Waals surface area contributed by atoms with E-state index in [-0.39, 0.29) is 5.91 Å². The Morgan fingerprint density at radius 1 is 1.33 bits per heavy atom. The zero-order valence-corrected chi connectivity index (χ0v) is 19.1. The van der Waals surface area contributed by atoms with Gasteiger partial charge in [0, 0.05) is 17.5 Å². The lowest BCUT2D eigenvalue weighted by molar-refractivity contribution is -0.111. The number of carbonyl (C=O) groups excluding carboxylic acids is 1. The standard InChI is InChI=1S/C23H31N3O3S/c1-5-29-19-8-6-18(14-20(19)28-4)7-9-22(27)25-23-24-17(3)21(30-23)15-26-12-10-16(2)11-13-26/h6-9,14,16H,5,10-13,15H2,1-4H3,(H,24,25,27)/b9-7+. The van der Waals surface area contributed by atoms with Gasteiger partial charge in [0.2, 0.25) is 5.91 Å². The number of amides is 1. The molecule has 1 aromatic carbocycles. The van der Waals surface area contributed by atoms with Gasteiger partial charge in [-0.25, -0.2) is 4.98 Å². The number of hydrogen-bond acceptors (Lipinski definition) is 6. The maximum Gasteiger partial charge on any atom is 0.250 e. The Kier molecular flexibility index (Phi) is 7.87. The van der Waals surface area contributed by atoms with Gasteiger partial charge in [-0.2, -0.15) is 0 Å². The monoisotopic (exact) mass is 429 g/mol. The van der Waals surface area contributed by atoms with Crippen LogP contribution in [0.3, 0.4) is 0 Å². The topological polar surface area (TPSA) is 63.7 Å². The first-order valence-electron chi connectivity index (χ1n) is 10.5. The normalized spacial score (nSPS) is 15.5. The van der Waals surface area contributed by atoms with Gasteiger partial charge in [0.1, 0.15) is 0 Å². The fraction of sp³-hybridized carbons (Fsp3) is 0.478. The van der Waals surface area contributed by atoms with E-state index < -0.39 is 0 Å². The van der Waals surface area contributed by atoms with Crippen LogP contribution < -0.4 is 14.8 Å². The molecule has 7 heteroatoms. The van der Waals surface area contributed by atoms with E-state index in [2.05, 4.69) is 22.1 Å². The zero-order chi connectivity index (χ0) is 21.5. The number of aryl methyl sites for hydroxylation is 1. The highest BCUT2D eigenvalue weighted by Gasteiger charge is 2.18. The predicted octanol–water partition coefficient (Wildman–Crippen LogP) is 4.74. The number of benzene rings is 1. The van der Waals surface area contributed by atoms with Crippen molar-refractivity contribution >= 4 is 28.5 Å². The number of methoxy groups -OCH3 is 1. The van der Waals surface area contributed by atoms with Crippen molar-refractivity contribution in [2.45, 2.75) is 40.2 Å². The minimum Gasteiger partial charge on any atom is -0.493 e. The number of aromatic nitrogens is 1. The van der Waals surface area contributed by atoms with Crippen LogP contribution >= 0.6 is 11.3 Å². The molecule has 0 radical (unpaired) electrons. The first kappa shape index (κ1) is 22.3. The van der Waals surface area contributed by atoms with Crippen molar-refractivity contribution in [1.82, 2.24) is 9.88 Å². The third kappa shape index (κ3) is 6.06. The number of hydrogen-bond donors (Lipinski definition) is 1. The molecule has 1 N–H and O–H groups in total. The molecule has 0 aliphatic carbocycles. The Bertz CT molecular complexity index is 886. The molecule has 1 aromatic heterocycles. The average molecular weight is 430 g/mol. The summed E-state index contributed by atoms with van der Waals surface area (Å²) in [5, 5.41) is 3.53. The summed E-state index contributed by atoms with van der Waals surface area (Å²) in [7, 11) is 1.60. The summed E-state index contributed by atoms with van der Waals surface area (Å²) in [5.74, 6) is 1.96. The molecule has 6 nitrogen and oxygen atoms in total. The van der Waals surface area contributed by atoms with E-state index in [1.807, 2.05) is 32.0 Å². The van der Waals surface area contributed by atoms with Gasteiger partial charge in [-0.15, -0.1) is 11.3 Å². The van der Waals surface area contributed by atoms with Crippen molar-refractivity contribution < 1.29 is 14.3 Å². The highest BCUT2D eigenvalue weighted by Crippen LogP contribution is 2.29. The molecule has 0 atom stereocenters. The minimum absolute atomic E-state index is 0.199. The molecule has 0 spiro atoms. The number of anilines is 1. The number of ether oxygens (including phenoxy) is 2. The van der Waals surface area contributed by atoms with Crippen LogP contribution in [0.15, 0.2) is 24.3 Å². The second-order valence-corrected chi connectivity index (χ2v) is 8.74. The largest absolute Gasteiger partial charge is 0.493 e. The van der Waals surface area contributed by atoms with Gasteiger partial charge in [0.15, 0.2) is 16.6 Å². The Labute approximate surface area is 182 Å². The number of carbonyl (C=O) groups is 1. The first-order valence-corrected chi connectivity index (χ1v) is 11.3. The highest BCUT2D eigenvalue weighted by molar-refractivity contribution is 7.15. The fourth-order valence-electron chi connectivity index (χ4n) is 3.43. The summed E-state index contributed by atoms with van der Waals surface area (Å²) in [4.78, 5) is 20.6. The van der Waals surface area contributed by atoms with Crippen molar-refractivity contribution in [3.63, 3.8) is 0 Å². The van der Waals surface area contributed by atoms with Gasteiger partial charge in [-0.1, -0.05) is 13.0 Å². The van der Waals surface area contributed by atoms with Gasteiger partial charge in [0.05, 0.1) is 19.4 Å². The second kappa shape index (κ2) is 10.6. The maximum atomic E-state index is 12.4. The molecule has 1 amide bonds. The minimum atomic E-state index is -0.199. The Morgan fingerprint density at radius 2 is 2.10 bits per heavy atom. The molecular weight excluding hydrogens is 398 g/mol. The number of piperidine rings is 1. The molecule has 0 saturated carbocycles. The van der Waals surface area contributed by atoms with Gasteiger partial charge in [0.25, 0.3) is 0 Å². The van der Waals surface area contributed by atoms with E-state index in [9.17, 15) is 4.79 Å². The first-order chi connectivity index (χ1) is 14.5. The average Bonchev–Trinajstić information content (AvgIpc) is 3.07. The summed E-state index contributed by atoms with van der Waals surface area (Å²) >= 11 is 1.56. The van der Waals surface area contributed by atoms with Crippen molar-refractivity contribution in [1.29, 1.82) is 0 Å². The van der Waals surface area contributed by atoms with Crippen LogP contribution in [0.2, 0.25) is 0 Å². The summed E-state index contributed by atoms with van der Waals surface area (Å²) < 4.78 is 10.9. The third-order valence-corrected chi connectivity index (χ3v) is 6.34. The molecule has 0 unspecified atom stereocenters. The predicted molar refractivity (Wildman–Crippen MR) is 122 cm³/mol. The highest BCUT2D eigenvalue weighted by atomic mass is 32.1. The molecule has 3 rings (SSSR count). The summed E-state index contributed by atoms with van der Waals surface area (Å²) in [6.07, 6.45) is 5.77. The van der Waals surface area contributed by atoms with Crippen molar-refractivity contribution in [2.75, 3.05) is 32.1 Å². The number of nitrogens with one attached hydrogen (secondary N) is 1.